The molecule has 0 atom stereocenters. The van der Waals surface area contributed by atoms with Crippen LogP contribution in [0.4, 0.5) is 0 Å². The van der Waals surface area contributed by atoms with Gasteiger partial charge in [0, 0.05) is 10.5 Å². The van der Waals surface area contributed by atoms with Gasteiger partial charge in [-0.15, -0.1) is 11.8 Å². The van der Waals surface area contributed by atoms with Crippen molar-refractivity contribution in [2.75, 3.05) is 13.2 Å². The number of hydrogen-bond acceptors (Lipinski definition) is 7. The monoisotopic (exact) mass is 452 g/mol. The number of aromatic nitrogens is 2. The minimum absolute atomic E-state index is 0.110. The van der Waals surface area contributed by atoms with Crippen molar-refractivity contribution in [3.05, 3.63) is 57.9 Å². The normalized spacial score (nSPS) is 10.8. The maximum atomic E-state index is 11.4. The summed E-state index contributed by atoms with van der Waals surface area (Å²) < 4.78 is 15.7. The van der Waals surface area contributed by atoms with Crippen molar-refractivity contribution in [3.8, 4) is 17.1 Å². The summed E-state index contributed by atoms with van der Waals surface area (Å²) in [6.45, 7) is 3.89. The molecule has 0 aliphatic heterocycles. The molecule has 0 amide bonds. The highest BCUT2D eigenvalue weighted by molar-refractivity contribution is 7.98. The van der Waals surface area contributed by atoms with Crippen LogP contribution in [0.3, 0.4) is 0 Å². The van der Waals surface area contributed by atoms with Crippen LogP contribution < -0.4 is 4.74 Å². The predicted octanol–water partition coefficient (Wildman–Crippen LogP) is 5.59. The Hall–Kier alpha value is -2.22. The Balaban J connectivity index is 1.59. The first-order valence-electron chi connectivity index (χ1n) is 8.76. The highest BCUT2D eigenvalue weighted by atomic mass is 35.5. The number of carbonyl (C=O) groups is 1. The van der Waals surface area contributed by atoms with Crippen molar-refractivity contribution in [1.29, 1.82) is 0 Å². The topological polar surface area (TPSA) is 74.5 Å². The number of esters is 1. The molecule has 0 N–H and O–H groups in total. The first kappa shape index (κ1) is 21.5. The Morgan fingerprint density at radius 2 is 2.00 bits per heavy atom. The molecule has 0 unspecified atom stereocenters. The van der Waals surface area contributed by atoms with Crippen LogP contribution >= 0.6 is 35.0 Å². The Kier molecular flexibility index (Phi) is 7.41. The lowest BCUT2D eigenvalue weighted by Gasteiger charge is -2.09. The molecule has 0 bridgehead atoms. The number of thioether (sulfide) groups is 1. The third kappa shape index (κ3) is 5.88. The average Bonchev–Trinajstić information content (AvgIpc) is 3.17. The zero-order valence-electron chi connectivity index (χ0n) is 15.8. The second kappa shape index (κ2) is 10.0. The van der Waals surface area contributed by atoms with Gasteiger partial charge in [0.25, 0.3) is 0 Å². The second-order valence-electron chi connectivity index (χ2n) is 5.95. The molecule has 3 aromatic rings. The number of carbonyl (C=O) groups excluding carboxylic acids is 1. The number of rotatable bonds is 8. The largest absolute Gasteiger partial charge is 0.482 e. The van der Waals surface area contributed by atoms with E-state index in [1.54, 1.807) is 36.9 Å². The third-order valence-corrected chi connectivity index (χ3v) is 5.52. The van der Waals surface area contributed by atoms with E-state index in [0.29, 0.717) is 39.9 Å². The quantitative estimate of drug-likeness (QED) is 0.325. The third-order valence-electron chi connectivity index (χ3n) is 3.81. The van der Waals surface area contributed by atoms with E-state index in [0.717, 1.165) is 16.0 Å². The summed E-state index contributed by atoms with van der Waals surface area (Å²) in [4.78, 5) is 16.8. The zero-order valence-corrected chi connectivity index (χ0v) is 18.1. The molecule has 29 heavy (non-hydrogen) atoms. The Bertz CT molecular complexity index is 1010. The standard InChI is InChI=1S/C20H18Cl2N2O4S/c1-3-26-19(25)10-27-17-7-5-14(8-12(17)2)29-11-18-23-20(24-28-18)13-4-6-15(21)16(22)9-13/h4-9H,3,10-11H2,1-2H3. The summed E-state index contributed by atoms with van der Waals surface area (Å²) in [6.07, 6.45) is 0. The fraction of sp³-hybridized carbons (Fsp3) is 0.250. The maximum Gasteiger partial charge on any atom is 0.344 e. The first-order valence-corrected chi connectivity index (χ1v) is 10.5. The van der Waals surface area contributed by atoms with E-state index < -0.39 is 0 Å². The average molecular weight is 453 g/mol. The van der Waals surface area contributed by atoms with Gasteiger partial charge < -0.3 is 14.0 Å². The second-order valence-corrected chi connectivity index (χ2v) is 7.81. The molecule has 0 fully saturated rings. The minimum atomic E-state index is -0.389. The maximum absolute atomic E-state index is 11.4. The van der Waals surface area contributed by atoms with E-state index in [4.69, 9.17) is 37.2 Å². The van der Waals surface area contributed by atoms with Crippen LogP contribution in [0.1, 0.15) is 18.4 Å². The summed E-state index contributed by atoms with van der Waals surface area (Å²) in [7, 11) is 0. The fourth-order valence-electron chi connectivity index (χ4n) is 2.42. The highest BCUT2D eigenvalue weighted by Crippen LogP contribution is 2.30. The van der Waals surface area contributed by atoms with Crippen LogP contribution in [-0.4, -0.2) is 29.3 Å². The van der Waals surface area contributed by atoms with Gasteiger partial charge in [0.1, 0.15) is 5.75 Å². The molecular weight excluding hydrogens is 435 g/mol. The van der Waals surface area contributed by atoms with Gasteiger partial charge in [-0.2, -0.15) is 4.98 Å². The molecule has 0 radical (unpaired) electrons. The molecule has 0 spiro atoms. The molecule has 1 heterocycles. The van der Waals surface area contributed by atoms with Crippen molar-refractivity contribution in [3.63, 3.8) is 0 Å². The van der Waals surface area contributed by atoms with Gasteiger partial charge in [0.05, 0.1) is 22.4 Å². The zero-order chi connectivity index (χ0) is 20.8. The van der Waals surface area contributed by atoms with Gasteiger partial charge in [-0.05, 0) is 55.8 Å². The van der Waals surface area contributed by atoms with Crippen molar-refractivity contribution in [1.82, 2.24) is 10.1 Å². The molecule has 3 rings (SSSR count). The molecule has 1 aromatic heterocycles. The molecule has 6 nitrogen and oxygen atoms in total. The fourth-order valence-corrected chi connectivity index (χ4v) is 3.55. The summed E-state index contributed by atoms with van der Waals surface area (Å²) >= 11 is 13.5. The van der Waals surface area contributed by atoms with Crippen LogP contribution in [0.5, 0.6) is 5.75 Å². The number of benzene rings is 2. The van der Waals surface area contributed by atoms with Crippen LogP contribution in [0.25, 0.3) is 11.4 Å². The lowest BCUT2D eigenvalue weighted by Crippen LogP contribution is -2.14. The Labute approximate surface area is 182 Å². The number of aryl methyl sites for hydroxylation is 1. The van der Waals surface area contributed by atoms with Crippen LogP contribution in [0.2, 0.25) is 10.0 Å². The summed E-state index contributed by atoms with van der Waals surface area (Å²) in [6, 6.07) is 10.9. The van der Waals surface area contributed by atoms with Crippen molar-refractivity contribution < 1.29 is 18.8 Å². The van der Waals surface area contributed by atoms with Crippen LogP contribution in [0, 0.1) is 6.92 Å². The number of ether oxygens (including phenoxy) is 2. The predicted molar refractivity (Wildman–Crippen MR) is 113 cm³/mol. The van der Waals surface area contributed by atoms with Crippen LogP contribution in [-0.2, 0) is 15.3 Å². The summed E-state index contributed by atoms with van der Waals surface area (Å²) in [5.41, 5.74) is 1.65. The smallest absolute Gasteiger partial charge is 0.344 e. The molecule has 0 saturated carbocycles. The SMILES string of the molecule is CCOC(=O)COc1ccc(SCc2nc(-c3ccc(Cl)c(Cl)c3)no2)cc1C. The number of halogens is 2. The van der Waals surface area contributed by atoms with E-state index in [9.17, 15) is 4.79 Å². The molecule has 2 aromatic carbocycles. The van der Waals surface area contributed by atoms with Crippen LogP contribution in [0.15, 0.2) is 45.8 Å². The Morgan fingerprint density at radius 1 is 1.17 bits per heavy atom. The van der Waals surface area contributed by atoms with Gasteiger partial charge in [-0.25, -0.2) is 4.79 Å². The number of hydrogen-bond donors (Lipinski definition) is 0. The van der Waals surface area contributed by atoms with E-state index in [2.05, 4.69) is 10.1 Å². The number of nitrogens with zero attached hydrogens (tertiary/aromatic N) is 2. The van der Waals surface area contributed by atoms with E-state index in [-0.39, 0.29) is 12.6 Å². The van der Waals surface area contributed by atoms with Gasteiger partial charge in [0.2, 0.25) is 11.7 Å². The Morgan fingerprint density at radius 3 is 2.72 bits per heavy atom. The molecule has 0 saturated heterocycles. The molecule has 9 heteroatoms. The molecule has 152 valence electrons. The van der Waals surface area contributed by atoms with Gasteiger partial charge in [-0.1, -0.05) is 28.4 Å². The summed E-state index contributed by atoms with van der Waals surface area (Å²) in [5, 5.41) is 4.90. The highest BCUT2D eigenvalue weighted by Gasteiger charge is 2.12. The van der Waals surface area contributed by atoms with Gasteiger partial charge in [0.15, 0.2) is 6.61 Å². The van der Waals surface area contributed by atoms with E-state index >= 15 is 0 Å². The lowest BCUT2D eigenvalue weighted by molar-refractivity contribution is -0.145. The van der Waals surface area contributed by atoms with Gasteiger partial charge in [-0.3, -0.25) is 0 Å². The van der Waals surface area contributed by atoms with E-state index in [1.807, 2.05) is 25.1 Å². The molecule has 0 aliphatic carbocycles. The first-order chi connectivity index (χ1) is 14.0. The minimum Gasteiger partial charge on any atom is -0.482 e. The van der Waals surface area contributed by atoms with Crippen molar-refractivity contribution >= 4 is 40.9 Å². The van der Waals surface area contributed by atoms with Crippen molar-refractivity contribution in [2.24, 2.45) is 0 Å². The van der Waals surface area contributed by atoms with Crippen molar-refractivity contribution in [2.45, 2.75) is 24.5 Å². The van der Waals surface area contributed by atoms with Gasteiger partial charge >= 0.3 is 5.97 Å². The molecular formula is C20H18Cl2N2O4S. The van der Waals surface area contributed by atoms with E-state index in [1.165, 1.54) is 0 Å². The lowest BCUT2D eigenvalue weighted by atomic mass is 10.2. The molecule has 0 aliphatic rings. The summed E-state index contributed by atoms with van der Waals surface area (Å²) in [5.74, 6) is 1.72.